The van der Waals surface area contributed by atoms with E-state index in [-0.39, 0.29) is 5.82 Å². The second-order valence-corrected chi connectivity index (χ2v) is 10.8. The van der Waals surface area contributed by atoms with E-state index >= 15 is 0 Å². The number of hydrogen-bond donors (Lipinski definition) is 0. The van der Waals surface area contributed by atoms with Gasteiger partial charge in [-0.3, -0.25) is 0 Å². The average Bonchev–Trinajstić information content (AvgIpc) is 2.33. The van der Waals surface area contributed by atoms with Crippen molar-refractivity contribution >= 4 is 19.7 Å². The van der Waals surface area contributed by atoms with Crippen LogP contribution in [-0.2, 0) is 0 Å². The van der Waals surface area contributed by atoms with Gasteiger partial charge >= 0.3 is 0 Å². The summed E-state index contributed by atoms with van der Waals surface area (Å²) in [5.41, 5.74) is 2.44. The van der Waals surface area contributed by atoms with Crippen molar-refractivity contribution in [3.8, 4) is 5.75 Å². The van der Waals surface area contributed by atoms with Gasteiger partial charge in [-0.2, -0.15) is 0 Å². The van der Waals surface area contributed by atoms with Gasteiger partial charge < -0.3 is 4.74 Å². The molecule has 1 aromatic rings. The molecular formula is C14H22ClFOSi. The van der Waals surface area contributed by atoms with Crippen molar-refractivity contribution in [3.63, 3.8) is 0 Å². The van der Waals surface area contributed by atoms with Crippen LogP contribution in [0.1, 0.15) is 25.0 Å². The largest absolute Gasteiger partial charge is 0.497 e. The number of rotatable bonds is 6. The molecule has 0 fully saturated rings. The van der Waals surface area contributed by atoms with Crippen LogP contribution in [0.3, 0.4) is 0 Å². The van der Waals surface area contributed by atoms with Gasteiger partial charge in [-0.05, 0) is 37.1 Å². The predicted molar refractivity (Wildman–Crippen MR) is 78.8 cm³/mol. The summed E-state index contributed by atoms with van der Waals surface area (Å²) in [6.07, 6.45) is 0.719. The van der Waals surface area contributed by atoms with E-state index < -0.39 is 8.07 Å². The monoisotopic (exact) mass is 288 g/mol. The van der Waals surface area contributed by atoms with E-state index in [1.807, 2.05) is 13.8 Å². The van der Waals surface area contributed by atoms with Crippen LogP contribution in [0.5, 0.6) is 5.75 Å². The summed E-state index contributed by atoms with van der Waals surface area (Å²) in [5, 5.41) is 0. The highest BCUT2D eigenvalue weighted by Crippen LogP contribution is 2.26. The molecule has 0 saturated heterocycles. The molecule has 0 radical (unpaired) electrons. The van der Waals surface area contributed by atoms with Crippen molar-refractivity contribution in [1.82, 2.24) is 0 Å². The maximum Gasteiger partial charge on any atom is 0.124 e. The molecule has 0 unspecified atom stereocenters. The highest BCUT2D eigenvalue weighted by atomic mass is 35.5. The van der Waals surface area contributed by atoms with Gasteiger partial charge in [-0.15, -0.1) is 11.6 Å². The maximum atomic E-state index is 13.2. The SMILES string of the molecule is CC[Si](CC)(CCl)COc1c(C)cc(F)cc1C. The fourth-order valence-corrected chi connectivity index (χ4v) is 5.21. The molecule has 102 valence electrons. The molecule has 4 heteroatoms. The Labute approximate surface area is 115 Å². The van der Waals surface area contributed by atoms with E-state index in [9.17, 15) is 4.39 Å². The zero-order valence-corrected chi connectivity index (χ0v) is 13.4. The molecule has 0 N–H and O–H groups in total. The molecule has 0 bridgehead atoms. The Morgan fingerprint density at radius 1 is 1.17 bits per heavy atom. The van der Waals surface area contributed by atoms with Gasteiger partial charge in [0.1, 0.15) is 19.6 Å². The van der Waals surface area contributed by atoms with Gasteiger partial charge in [0.2, 0.25) is 0 Å². The number of alkyl halides is 1. The minimum Gasteiger partial charge on any atom is -0.497 e. The fourth-order valence-electron chi connectivity index (χ4n) is 2.03. The topological polar surface area (TPSA) is 9.23 Å². The van der Waals surface area contributed by atoms with Gasteiger partial charge in [0, 0.05) is 5.50 Å². The molecule has 0 saturated carbocycles. The Morgan fingerprint density at radius 2 is 1.67 bits per heavy atom. The first-order chi connectivity index (χ1) is 8.48. The molecule has 0 aromatic heterocycles. The summed E-state index contributed by atoms with van der Waals surface area (Å²) in [4.78, 5) is 0. The first kappa shape index (κ1) is 15.5. The summed E-state index contributed by atoms with van der Waals surface area (Å²) in [7, 11) is -1.51. The normalized spacial score (nSPS) is 11.7. The lowest BCUT2D eigenvalue weighted by Gasteiger charge is -2.27. The Kier molecular flexibility index (Phi) is 5.67. The van der Waals surface area contributed by atoms with Crippen LogP contribution in [0, 0.1) is 19.7 Å². The highest BCUT2D eigenvalue weighted by Gasteiger charge is 2.29. The Balaban J connectivity index is 2.86. The lowest BCUT2D eigenvalue weighted by molar-refractivity contribution is 0.369. The van der Waals surface area contributed by atoms with Crippen LogP contribution in [0.25, 0.3) is 0 Å². The molecule has 1 rings (SSSR count). The minimum atomic E-state index is -1.51. The van der Waals surface area contributed by atoms with Crippen molar-refractivity contribution in [2.45, 2.75) is 39.8 Å². The minimum absolute atomic E-state index is 0.204. The van der Waals surface area contributed by atoms with Gasteiger partial charge in [-0.1, -0.05) is 25.9 Å². The predicted octanol–water partition coefficient (Wildman–Crippen LogP) is 4.63. The van der Waals surface area contributed by atoms with Crippen LogP contribution in [0.2, 0.25) is 12.1 Å². The second kappa shape index (κ2) is 6.57. The molecule has 0 aliphatic heterocycles. The van der Waals surface area contributed by atoms with E-state index in [0.29, 0.717) is 0 Å². The lowest BCUT2D eigenvalue weighted by atomic mass is 10.1. The summed E-state index contributed by atoms with van der Waals surface area (Å²) >= 11 is 6.12. The van der Waals surface area contributed by atoms with Crippen LogP contribution in [0.4, 0.5) is 4.39 Å². The number of aryl methyl sites for hydroxylation is 2. The first-order valence-electron chi connectivity index (χ1n) is 6.43. The first-order valence-corrected chi connectivity index (χ1v) is 9.80. The van der Waals surface area contributed by atoms with Crippen molar-refractivity contribution < 1.29 is 9.13 Å². The fraction of sp³-hybridized carbons (Fsp3) is 0.571. The second-order valence-electron chi connectivity index (χ2n) is 5.00. The molecule has 0 aliphatic rings. The summed E-state index contributed by atoms with van der Waals surface area (Å²) in [6, 6.07) is 5.27. The van der Waals surface area contributed by atoms with Crippen LogP contribution >= 0.6 is 11.6 Å². The molecular weight excluding hydrogens is 267 g/mol. The van der Waals surface area contributed by atoms with E-state index in [0.717, 1.165) is 40.7 Å². The quantitative estimate of drug-likeness (QED) is 0.548. The summed E-state index contributed by atoms with van der Waals surface area (Å²) in [5.74, 6) is 0.615. The molecule has 0 aliphatic carbocycles. The lowest BCUT2D eigenvalue weighted by Crippen LogP contribution is -2.43. The standard InChI is InChI=1S/C14H22ClFOSi/c1-5-18(6-2,9-15)10-17-14-11(3)7-13(16)8-12(14)4/h7-8H,5-6,9-10H2,1-4H3. The zero-order chi connectivity index (χ0) is 13.8. The molecule has 1 aromatic carbocycles. The van der Waals surface area contributed by atoms with E-state index in [2.05, 4.69) is 13.8 Å². The van der Waals surface area contributed by atoms with E-state index in [1.165, 1.54) is 12.1 Å². The molecule has 1 nitrogen and oxygen atoms in total. The highest BCUT2D eigenvalue weighted by molar-refractivity contribution is 6.85. The summed E-state index contributed by atoms with van der Waals surface area (Å²) in [6.45, 7) is 8.14. The van der Waals surface area contributed by atoms with Gasteiger partial charge in [0.05, 0.1) is 6.23 Å². The van der Waals surface area contributed by atoms with Crippen molar-refractivity contribution in [3.05, 3.63) is 29.1 Å². The van der Waals surface area contributed by atoms with Crippen LogP contribution < -0.4 is 4.74 Å². The third-order valence-electron chi connectivity index (χ3n) is 3.73. The third-order valence-corrected chi connectivity index (χ3v) is 9.76. The average molecular weight is 289 g/mol. The van der Waals surface area contributed by atoms with Crippen LogP contribution in [0.15, 0.2) is 12.1 Å². The van der Waals surface area contributed by atoms with Gasteiger partial charge in [-0.25, -0.2) is 4.39 Å². The van der Waals surface area contributed by atoms with Gasteiger partial charge in [0.15, 0.2) is 0 Å². The summed E-state index contributed by atoms with van der Waals surface area (Å²) < 4.78 is 19.2. The smallest absolute Gasteiger partial charge is 0.124 e. The zero-order valence-electron chi connectivity index (χ0n) is 11.6. The number of hydrogen-bond acceptors (Lipinski definition) is 1. The molecule has 0 heterocycles. The molecule has 0 amide bonds. The number of halogens is 2. The Morgan fingerprint density at radius 3 is 2.06 bits per heavy atom. The van der Waals surface area contributed by atoms with Crippen molar-refractivity contribution in [2.24, 2.45) is 0 Å². The van der Waals surface area contributed by atoms with Crippen molar-refractivity contribution in [2.75, 3.05) is 11.7 Å². The Bertz CT molecular complexity index is 374. The Hall–Kier alpha value is -0.543. The maximum absolute atomic E-state index is 13.2. The van der Waals surface area contributed by atoms with E-state index in [1.54, 1.807) is 0 Å². The number of benzene rings is 1. The van der Waals surface area contributed by atoms with E-state index in [4.69, 9.17) is 16.3 Å². The third kappa shape index (κ3) is 3.48. The van der Waals surface area contributed by atoms with Gasteiger partial charge in [0.25, 0.3) is 0 Å². The number of ether oxygens (including phenoxy) is 1. The molecule has 0 spiro atoms. The van der Waals surface area contributed by atoms with Crippen LogP contribution in [-0.4, -0.2) is 19.8 Å². The molecule has 0 atom stereocenters. The molecule has 18 heavy (non-hydrogen) atoms. The van der Waals surface area contributed by atoms with Crippen molar-refractivity contribution in [1.29, 1.82) is 0 Å².